The second-order valence-electron chi connectivity index (χ2n) is 13.7. The third-order valence-electron chi connectivity index (χ3n) is 10.4. The van der Waals surface area contributed by atoms with E-state index in [0.717, 1.165) is 50.3 Å². The lowest BCUT2D eigenvalue weighted by molar-refractivity contribution is 1.18. The molecule has 0 aliphatic rings. The second kappa shape index (κ2) is 13.4. The molecule has 0 saturated carbocycles. The van der Waals surface area contributed by atoms with Crippen molar-refractivity contribution in [1.29, 1.82) is 0 Å². The number of hydrogen-bond donors (Lipinski definition) is 0. The number of aromatic nitrogens is 3. The summed E-state index contributed by atoms with van der Waals surface area (Å²) < 4.78 is 0. The van der Waals surface area contributed by atoms with Crippen LogP contribution in [-0.4, -0.2) is 15.0 Å². The Morgan fingerprint density at radius 1 is 0.259 bits per heavy atom. The summed E-state index contributed by atoms with van der Waals surface area (Å²) in [6, 6.07) is 66.7. The number of hydrogen-bond acceptors (Lipinski definition) is 3. The van der Waals surface area contributed by atoms with Gasteiger partial charge in [0.05, 0.1) is 11.4 Å². The highest BCUT2D eigenvalue weighted by Crippen LogP contribution is 2.38. The molecule has 252 valence electrons. The zero-order chi connectivity index (χ0) is 35.8. The molecule has 10 rings (SSSR count). The average molecular weight is 688 g/mol. The quantitative estimate of drug-likeness (QED) is 0.163. The van der Waals surface area contributed by atoms with Crippen LogP contribution in [0.15, 0.2) is 200 Å². The topological polar surface area (TPSA) is 38.7 Å². The minimum atomic E-state index is 0.682. The van der Waals surface area contributed by atoms with Crippen LogP contribution in [-0.2, 0) is 0 Å². The smallest absolute Gasteiger partial charge is 0.160 e. The maximum absolute atomic E-state index is 5.20. The molecule has 0 fully saturated rings. The van der Waals surface area contributed by atoms with E-state index in [0.29, 0.717) is 5.82 Å². The fourth-order valence-electron chi connectivity index (χ4n) is 7.65. The molecular formula is C51H33N3. The maximum atomic E-state index is 5.20. The van der Waals surface area contributed by atoms with Gasteiger partial charge >= 0.3 is 0 Å². The molecule has 3 heteroatoms. The molecule has 0 spiro atoms. The molecule has 0 aliphatic carbocycles. The summed E-state index contributed by atoms with van der Waals surface area (Å²) in [5.74, 6) is 0.682. The Morgan fingerprint density at radius 2 is 0.704 bits per heavy atom. The minimum absolute atomic E-state index is 0.682. The monoisotopic (exact) mass is 687 g/mol. The van der Waals surface area contributed by atoms with Gasteiger partial charge < -0.3 is 0 Å². The number of pyridine rings is 1. The van der Waals surface area contributed by atoms with Crippen LogP contribution in [0.25, 0.3) is 99.6 Å². The SMILES string of the molecule is c1ccc(-c2cccc(-c3cc(-c4cccc(-c5cccnc5)c4)nc(-c4ccc(-c5ccc6c7ccccc7c7ccccc7c6c5)cc4)n3)c2)cc1. The molecule has 8 aromatic carbocycles. The van der Waals surface area contributed by atoms with Gasteiger partial charge in [-0.1, -0.05) is 158 Å². The van der Waals surface area contributed by atoms with Crippen LogP contribution >= 0.6 is 0 Å². The van der Waals surface area contributed by atoms with Crippen LogP contribution in [0.1, 0.15) is 0 Å². The average Bonchev–Trinajstić information content (AvgIpc) is 3.27. The molecule has 0 amide bonds. The molecule has 3 nitrogen and oxygen atoms in total. The Bertz CT molecular complexity index is 2830. The van der Waals surface area contributed by atoms with E-state index in [2.05, 4.69) is 181 Å². The third-order valence-corrected chi connectivity index (χ3v) is 10.4. The summed E-state index contributed by atoms with van der Waals surface area (Å²) in [7, 11) is 0. The molecule has 0 aliphatic heterocycles. The molecule has 0 unspecified atom stereocenters. The van der Waals surface area contributed by atoms with Gasteiger partial charge in [0, 0.05) is 34.6 Å². The largest absolute Gasteiger partial charge is 0.264 e. The first kappa shape index (κ1) is 31.5. The van der Waals surface area contributed by atoms with E-state index < -0.39 is 0 Å². The van der Waals surface area contributed by atoms with Gasteiger partial charge in [0.25, 0.3) is 0 Å². The van der Waals surface area contributed by atoms with Gasteiger partial charge in [-0.3, -0.25) is 4.98 Å². The van der Waals surface area contributed by atoms with Gasteiger partial charge in [-0.15, -0.1) is 0 Å². The van der Waals surface area contributed by atoms with Crippen LogP contribution in [0.5, 0.6) is 0 Å². The summed E-state index contributed by atoms with van der Waals surface area (Å²) >= 11 is 0. The van der Waals surface area contributed by atoms with Gasteiger partial charge in [0.1, 0.15) is 0 Å². The van der Waals surface area contributed by atoms with E-state index in [4.69, 9.17) is 9.97 Å². The van der Waals surface area contributed by atoms with Crippen molar-refractivity contribution in [3.63, 3.8) is 0 Å². The lowest BCUT2D eigenvalue weighted by Gasteiger charge is -2.13. The normalized spacial score (nSPS) is 11.3. The van der Waals surface area contributed by atoms with Gasteiger partial charge in [-0.2, -0.15) is 0 Å². The summed E-state index contributed by atoms with van der Waals surface area (Å²) in [5, 5.41) is 7.65. The van der Waals surface area contributed by atoms with Gasteiger partial charge in [-0.05, 0) is 90.5 Å². The number of nitrogens with zero attached hydrogens (tertiary/aromatic N) is 3. The Kier molecular flexibility index (Phi) is 7.81. The van der Waals surface area contributed by atoms with Crippen LogP contribution < -0.4 is 0 Å². The number of rotatable bonds is 6. The fourth-order valence-corrected chi connectivity index (χ4v) is 7.65. The molecule has 0 saturated heterocycles. The standard InChI is InChI=1S/C51H33N3/c1-2-11-34(12-3-1)37-13-8-15-40(29-37)49-32-50(41-16-9-14-38(30-41)42-17-10-28-52-33-42)54-51(53-49)36-24-22-35(23-25-36)39-26-27-47-45-20-5-4-18-43(45)44-19-6-7-21-46(44)48(47)31-39/h1-33H. The van der Waals surface area contributed by atoms with E-state index in [1.165, 1.54) is 43.4 Å². The first-order valence-electron chi connectivity index (χ1n) is 18.2. The first-order chi connectivity index (χ1) is 26.7. The minimum Gasteiger partial charge on any atom is -0.264 e. The van der Waals surface area contributed by atoms with E-state index >= 15 is 0 Å². The van der Waals surface area contributed by atoms with E-state index in [9.17, 15) is 0 Å². The number of fused-ring (bicyclic) bond motifs is 6. The second-order valence-corrected chi connectivity index (χ2v) is 13.7. The Balaban J connectivity index is 1.08. The zero-order valence-electron chi connectivity index (χ0n) is 29.4. The Labute approximate surface area is 313 Å². The van der Waals surface area contributed by atoms with Crippen LogP contribution in [0, 0.1) is 0 Å². The highest BCUT2D eigenvalue weighted by Gasteiger charge is 2.14. The third kappa shape index (κ3) is 5.78. The van der Waals surface area contributed by atoms with E-state index in [1.807, 2.05) is 18.3 Å². The molecule has 10 aromatic rings. The highest BCUT2D eigenvalue weighted by atomic mass is 14.9. The van der Waals surface area contributed by atoms with Crippen molar-refractivity contribution in [3.8, 4) is 67.3 Å². The lowest BCUT2D eigenvalue weighted by atomic mass is 9.92. The van der Waals surface area contributed by atoms with Crippen molar-refractivity contribution in [1.82, 2.24) is 15.0 Å². The van der Waals surface area contributed by atoms with E-state index in [1.54, 1.807) is 6.20 Å². The predicted molar refractivity (Wildman–Crippen MR) is 225 cm³/mol. The molecule has 0 bridgehead atoms. The molecule has 0 atom stereocenters. The summed E-state index contributed by atoms with van der Waals surface area (Å²) in [4.78, 5) is 14.7. The lowest BCUT2D eigenvalue weighted by Crippen LogP contribution is -1.96. The summed E-state index contributed by atoms with van der Waals surface area (Å²) in [5.41, 5.74) is 11.6. The van der Waals surface area contributed by atoms with Crippen molar-refractivity contribution in [2.75, 3.05) is 0 Å². The van der Waals surface area contributed by atoms with Crippen molar-refractivity contribution in [2.45, 2.75) is 0 Å². The van der Waals surface area contributed by atoms with Crippen LogP contribution in [0.3, 0.4) is 0 Å². The Morgan fingerprint density at radius 3 is 1.31 bits per heavy atom. The molecule has 54 heavy (non-hydrogen) atoms. The molecular weight excluding hydrogens is 655 g/mol. The molecule has 2 aromatic heterocycles. The first-order valence-corrected chi connectivity index (χ1v) is 18.2. The van der Waals surface area contributed by atoms with E-state index in [-0.39, 0.29) is 0 Å². The maximum Gasteiger partial charge on any atom is 0.160 e. The summed E-state index contributed by atoms with van der Waals surface area (Å²) in [6.07, 6.45) is 3.70. The highest BCUT2D eigenvalue weighted by molar-refractivity contribution is 6.25. The van der Waals surface area contributed by atoms with Crippen molar-refractivity contribution < 1.29 is 0 Å². The zero-order valence-corrected chi connectivity index (χ0v) is 29.4. The van der Waals surface area contributed by atoms with Gasteiger partial charge in [0.15, 0.2) is 5.82 Å². The van der Waals surface area contributed by atoms with Crippen LogP contribution in [0.4, 0.5) is 0 Å². The van der Waals surface area contributed by atoms with Crippen molar-refractivity contribution in [3.05, 3.63) is 200 Å². The predicted octanol–water partition coefficient (Wildman–Crippen LogP) is 13.3. The van der Waals surface area contributed by atoms with Gasteiger partial charge in [-0.25, -0.2) is 9.97 Å². The molecule has 0 radical (unpaired) electrons. The van der Waals surface area contributed by atoms with Gasteiger partial charge in [0.2, 0.25) is 0 Å². The van der Waals surface area contributed by atoms with Crippen LogP contribution in [0.2, 0.25) is 0 Å². The fraction of sp³-hybridized carbons (Fsp3) is 0. The Hall–Kier alpha value is -7.23. The number of benzene rings is 8. The molecule has 0 N–H and O–H groups in total. The van der Waals surface area contributed by atoms with Crippen molar-refractivity contribution >= 4 is 32.3 Å². The summed E-state index contributed by atoms with van der Waals surface area (Å²) in [6.45, 7) is 0. The van der Waals surface area contributed by atoms with Crippen molar-refractivity contribution in [2.24, 2.45) is 0 Å². The molecule has 2 heterocycles.